The molecular formula is C107H75N9. The van der Waals surface area contributed by atoms with Crippen molar-refractivity contribution in [3.05, 3.63) is 405 Å². The first-order valence-corrected chi connectivity index (χ1v) is 39.2. The van der Waals surface area contributed by atoms with Crippen LogP contribution in [0.15, 0.2) is 394 Å². The molecule has 14 aromatic carbocycles. The van der Waals surface area contributed by atoms with E-state index in [9.17, 15) is 0 Å². The highest BCUT2D eigenvalue weighted by Crippen LogP contribution is 2.39. The monoisotopic (exact) mass is 1490 g/mol. The maximum Gasteiger partial charge on any atom is 0.164 e. The van der Waals surface area contributed by atoms with E-state index >= 15 is 0 Å². The first-order valence-electron chi connectivity index (χ1n) is 39.2. The van der Waals surface area contributed by atoms with Crippen molar-refractivity contribution in [3.63, 3.8) is 0 Å². The predicted molar refractivity (Wildman–Crippen MR) is 478 cm³/mol. The zero-order chi connectivity index (χ0) is 77.8. The van der Waals surface area contributed by atoms with E-state index in [0.717, 1.165) is 167 Å². The molecule has 9 heteroatoms. The summed E-state index contributed by atoms with van der Waals surface area (Å²) in [5.74, 6) is 2.90. The zero-order valence-electron chi connectivity index (χ0n) is 64.1. The summed E-state index contributed by atoms with van der Waals surface area (Å²) in [6, 6.07) is 137. The lowest BCUT2D eigenvalue weighted by Crippen LogP contribution is -2.00. The molecule has 20 aromatic rings. The van der Waals surface area contributed by atoms with E-state index in [-0.39, 0.29) is 0 Å². The van der Waals surface area contributed by atoms with Crippen molar-refractivity contribution < 1.29 is 0 Å². The fourth-order valence-electron chi connectivity index (χ4n) is 15.3. The minimum absolute atomic E-state index is 0.330. The summed E-state index contributed by atoms with van der Waals surface area (Å²) in [6.45, 7) is 6.63. The molecule has 0 spiro atoms. The molecule has 0 aliphatic rings. The summed E-state index contributed by atoms with van der Waals surface area (Å²) in [7, 11) is 0. The minimum atomic E-state index is 0.330. The van der Waals surface area contributed by atoms with E-state index in [4.69, 9.17) is 44.9 Å². The third-order valence-electron chi connectivity index (χ3n) is 21.5. The smallest absolute Gasteiger partial charge is 0.164 e. The quantitative estimate of drug-likeness (QED) is 0.0925. The minimum Gasteiger partial charge on any atom is -0.245 e. The third-order valence-corrected chi connectivity index (χ3v) is 21.5. The number of aromatic nitrogens is 9. The SMILES string of the molecule is CC(C)c1cc(-c2ccccc2)nc2c1ccc1ccc(-c3cccc(-c4cccc(-c5nc(-c6ccccc6)nc(-c6ccc(-c7ccccc7)cc6)n5)c4)c3)nc12.Cc1cc(-c2ccccc2)nc2c1ccc1ccc(-c3ccc(-c4ccc(-c5cc(-c6ccccc6)nc(-c6ccc(-c7ccccc7)cc6)n5)cc4)cc3)nc12. The summed E-state index contributed by atoms with van der Waals surface area (Å²) in [4.78, 5) is 46.1. The molecule has 0 saturated heterocycles. The number of pyridine rings is 4. The summed E-state index contributed by atoms with van der Waals surface area (Å²) in [5, 5.41) is 4.41. The Kier molecular flexibility index (Phi) is 19.3. The number of aryl methyl sites for hydroxylation is 1. The molecule has 0 fully saturated rings. The molecule has 0 N–H and O–H groups in total. The van der Waals surface area contributed by atoms with Crippen molar-refractivity contribution in [2.24, 2.45) is 0 Å². The van der Waals surface area contributed by atoms with Gasteiger partial charge in [-0.3, -0.25) is 0 Å². The standard InChI is InChI=1S/C54H39N5.C53H36N4/c1-35(2)47-34-49(38-16-8-4-9-17-38)56-51-46(47)30-28-39-29-31-48(55-50(39)51)44-22-12-20-42(32-44)43-21-13-23-45(33-43)54-58-52(40-18-10-5-11-19-40)57-53(59-54)41-26-24-37(25-27-41)36-14-6-3-7-15-36;1-35-33-48(40-13-7-3-8-14-40)55-52-46(35)31-29-44-30-32-47(54-51(44)52)42-23-17-38(18-24-42)39-19-25-43(26-20-39)50-34-49(41-15-9-4-10-16-41)56-53(57-50)45-27-21-37(22-28-45)36-11-5-2-6-12-36/h3-35H,1-2H3;2-34H,1H3. The van der Waals surface area contributed by atoms with Crippen LogP contribution in [0.4, 0.5) is 0 Å². The van der Waals surface area contributed by atoms with Crippen molar-refractivity contribution in [1.82, 2.24) is 44.9 Å². The lowest BCUT2D eigenvalue weighted by Gasteiger charge is -2.15. The van der Waals surface area contributed by atoms with Crippen molar-refractivity contribution in [3.8, 4) is 158 Å². The summed E-state index contributed by atoms with van der Waals surface area (Å²) in [6.07, 6.45) is 0. The van der Waals surface area contributed by atoms with Gasteiger partial charge in [-0.2, -0.15) is 0 Å². The molecule has 6 heterocycles. The molecule has 20 rings (SSSR count). The number of fused-ring (bicyclic) bond motifs is 6. The van der Waals surface area contributed by atoms with Gasteiger partial charge in [-0.15, -0.1) is 0 Å². The Morgan fingerprint density at radius 3 is 0.897 bits per heavy atom. The van der Waals surface area contributed by atoms with Gasteiger partial charge < -0.3 is 0 Å². The molecule has 0 atom stereocenters. The summed E-state index contributed by atoms with van der Waals surface area (Å²) in [5.41, 5.74) is 30.8. The Labute approximate surface area is 673 Å². The zero-order valence-corrected chi connectivity index (χ0v) is 64.1. The molecule has 0 radical (unpaired) electrons. The highest BCUT2D eigenvalue weighted by molar-refractivity contribution is 6.07. The van der Waals surface area contributed by atoms with Crippen LogP contribution in [-0.2, 0) is 0 Å². The molecule has 9 nitrogen and oxygen atoms in total. The van der Waals surface area contributed by atoms with E-state index in [1.807, 2.05) is 72.8 Å². The van der Waals surface area contributed by atoms with E-state index in [2.05, 4.69) is 342 Å². The van der Waals surface area contributed by atoms with E-state index in [1.165, 1.54) is 22.3 Å². The van der Waals surface area contributed by atoms with Gasteiger partial charge in [0, 0.05) is 77.2 Å². The van der Waals surface area contributed by atoms with Gasteiger partial charge >= 0.3 is 0 Å². The molecule has 548 valence electrons. The van der Waals surface area contributed by atoms with E-state index < -0.39 is 0 Å². The van der Waals surface area contributed by atoms with Gasteiger partial charge in [-0.25, -0.2) is 44.9 Å². The molecule has 0 aliphatic carbocycles. The van der Waals surface area contributed by atoms with Crippen molar-refractivity contribution in [2.75, 3.05) is 0 Å². The van der Waals surface area contributed by atoms with Crippen LogP contribution in [0, 0.1) is 6.92 Å². The summed E-state index contributed by atoms with van der Waals surface area (Å²) >= 11 is 0. The fourth-order valence-corrected chi connectivity index (χ4v) is 15.3. The van der Waals surface area contributed by atoms with Crippen LogP contribution in [-0.4, -0.2) is 44.9 Å². The number of benzene rings is 14. The Hall–Kier alpha value is -15.2. The topological polar surface area (TPSA) is 116 Å². The van der Waals surface area contributed by atoms with Gasteiger partial charge in [0.1, 0.15) is 0 Å². The second-order valence-electron chi connectivity index (χ2n) is 29.5. The number of rotatable bonds is 15. The van der Waals surface area contributed by atoms with Crippen LogP contribution in [0.1, 0.15) is 30.9 Å². The normalized spacial score (nSPS) is 11.3. The maximum atomic E-state index is 5.32. The second-order valence-corrected chi connectivity index (χ2v) is 29.5. The van der Waals surface area contributed by atoms with Crippen LogP contribution in [0.3, 0.4) is 0 Å². The second kappa shape index (κ2) is 31.5. The molecular weight excluding hydrogens is 1410 g/mol. The van der Waals surface area contributed by atoms with E-state index in [0.29, 0.717) is 29.2 Å². The highest BCUT2D eigenvalue weighted by atomic mass is 15.0. The maximum absolute atomic E-state index is 5.32. The molecule has 6 aromatic heterocycles. The Morgan fingerprint density at radius 1 is 0.172 bits per heavy atom. The number of hydrogen-bond acceptors (Lipinski definition) is 9. The number of hydrogen-bond donors (Lipinski definition) is 0. The molecule has 0 saturated carbocycles. The highest BCUT2D eigenvalue weighted by Gasteiger charge is 2.20. The predicted octanol–water partition coefficient (Wildman–Crippen LogP) is 27.3. The lowest BCUT2D eigenvalue weighted by molar-refractivity contribution is 0.875. The van der Waals surface area contributed by atoms with E-state index in [1.54, 1.807) is 0 Å². The van der Waals surface area contributed by atoms with Crippen molar-refractivity contribution in [1.29, 1.82) is 0 Å². The largest absolute Gasteiger partial charge is 0.245 e. The molecule has 116 heavy (non-hydrogen) atoms. The fraction of sp³-hybridized carbons (Fsp3) is 0.0374. The van der Waals surface area contributed by atoms with Gasteiger partial charge in [-0.05, 0) is 111 Å². The molecule has 0 unspecified atom stereocenters. The molecule has 0 amide bonds. The Bertz CT molecular complexity index is 6970. The van der Waals surface area contributed by atoms with Crippen LogP contribution < -0.4 is 0 Å². The van der Waals surface area contributed by atoms with Gasteiger partial charge in [0.15, 0.2) is 23.3 Å². The Balaban J connectivity index is 0.000000155. The van der Waals surface area contributed by atoms with Crippen molar-refractivity contribution in [2.45, 2.75) is 26.7 Å². The van der Waals surface area contributed by atoms with Crippen LogP contribution in [0.2, 0.25) is 0 Å². The van der Waals surface area contributed by atoms with Crippen LogP contribution in [0.25, 0.3) is 201 Å². The number of nitrogens with zero attached hydrogens (tertiary/aromatic N) is 9. The van der Waals surface area contributed by atoms with Crippen LogP contribution in [0.5, 0.6) is 0 Å². The first-order chi connectivity index (χ1) is 57.2. The first kappa shape index (κ1) is 71.1. The summed E-state index contributed by atoms with van der Waals surface area (Å²) < 4.78 is 0. The Morgan fingerprint density at radius 2 is 0.448 bits per heavy atom. The van der Waals surface area contributed by atoms with Crippen LogP contribution >= 0.6 is 0 Å². The molecule has 0 aliphatic heterocycles. The van der Waals surface area contributed by atoms with Gasteiger partial charge in [-0.1, -0.05) is 366 Å². The van der Waals surface area contributed by atoms with Gasteiger partial charge in [0.05, 0.1) is 56.2 Å². The van der Waals surface area contributed by atoms with Gasteiger partial charge in [0.2, 0.25) is 0 Å². The van der Waals surface area contributed by atoms with Crippen molar-refractivity contribution >= 4 is 43.6 Å². The third kappa shape index (κ3) is 14.8. The molecule has 0 bridgehead atoms. The lowest BCUT2D eigenvalue weighted by atomic mass is 9.95. The van der Waals surface area contributed by atoms with Gasteiger partial charge in [0.25, 0.3) is 0 Å². The average Bonchev–Trinajstić information content (AvgIpc) is 0.767. The average molecular weight is 1490 g/mol.